The zero-order chi connectivity index (χ0) is 22.4. The summed E-state index contributed by atoms with van der Waals surface area (Å²) in [6, 6.07) is 18.0. The highest BCUT2D eigenvalue weighted by Crippen LogP contribution is 2.45. The Morgan fingerprint density at radius 1 is 1.09 bits per heavy atom. The van der Waals surface area contributed by atoms with Crippen molar-refractivity contribution in [3.8, 4) is 17.0 Å². The standard InChI is InChI=1S/C24H16BrClFN3O2/c25-15-5-3-14(4-6-15)23-20-21(18-11-16(26)7-10-19(18)31)28-29-22(20)24(32)30(23)12-13-1-8-17(27)9-2-13/h1-11,23,31H,12H2,(H,28,29). The summed E-state index contributed by atoms with van der Waals surface area (Å²) in [5.74, 6) is -0.542. The number of hydrogen-bond donors (Lipinski definition) is 2. The molecule has 0 radical (unpaired) electrons. The normalized spacial score (nSPS) is 15.3. The number of carbonyl (C=O) groups excluding carboxylic acids is 1. The number of aromatic nitrogens is 2. The second kappa shape index (κ2) is 8.07. The molecule has 0 fully saturated rings. The van der Waals surface area contributed by atoms with Gasteiger partial charge in [0.15, 0.2) is 0 Å². The number of benzene rings is 3. The van der Waals surface area contributed by atoms with Gasteiger partial charge in [-0.2, -0.15) is 5.10 Å². The van der Waals surface area contributed by atoms with E-state index in [4.69, 9.17) is 11.6 Å². The maximum absolute atomic E-state index is 13.4. The first-order valence-corrected chi connectivity index (χ1v) is 11.0. The van der Waals surface area contributed by atoms with Crippen LogP contribution in [0.4, 0.5) is 4.39 Å². The van der Waals surface area contributed by atoms with Crippen molar-refractivity contribution >= 4 is 33.4 Å². The number of aromatic amines is 1. The quantitative estimate of drug-likeness (QED) is 0.348. The lowest BCUT2D eigenvalue weighted by Crippen LogP contribution is -2.29. The summed E-state index contributed by atoms with van der Waals surface area (Å²) >= 11 is 9.62. The molecule has 2 heterocycles. The Hall–Kier alpha value is -3.16. The second-order valence-corrected chi connectivity index (χ2v) is 8.89. The van der Waals surface area contributed by atoms with Crippen molar-refractivity contribution in [3.05, 3.63) is 104 Å². The molecule has 32 heavy (non-hydrogen) atoms. The predicted molar refractivity (Wildman–Crippen MR) is 123 cm³/mol. The largest absolute Gasteiger partial charge is 0.507 e. The smallest absolute Gasteiger partial charge is 0.273 e. The number of phenolic OH excluding ortho intramolecular Hbond substituents is 1. The van der Waals surface area contributed by atoms with Gasteiger partial charge in [-0.1, -0.05) is 51.8 Å². The van der Waals surface area contributed by atoms with Crippen LogP contribution in [0.3, 0.4) is 0 Å². The Morgan fingerprint density at radius 3 is 2.53 bits per heavy atom. The third-order valence-corrected chi connectivity index (χ3v) is 6.29. The number of carbonyl (C=O) groups is 1. The van der Waals surface area contributed by atoms with Crippen LogP contribution in [0.15, 0.2) is 71.2 Å². The number of amides is 1. The molecule has 1 atom stereocenters. The Morgan fingerprint density at radius 2 is 1.81 bits per heavy atom. The van der Waals surface area contributed by atoms with Gasteiger partial charge in [-0.15, -0.1) is 0 Å². The first kappa shape index (κ1) is 20.7. The highest BCUT2D eigenvalue weighted by atomic mass is 79.9. The number of H-pyrrole nitrogens is 1. The average molecular weight is 513 g/mol. The van der Waals surface area contributed by atoms with E-state index >= 15 is 0 Å². The molecule has 0 saturated carbocycles. The summed E-state index contributed by atoms with van der Waals surface area (Å²) in [6.45, 7) is 0.281. The van der Waals surface area contributed by atoms with Crippen LogP contribution >= 0.6 is 27.5 Å². The van der Waals surface area contributed by atoms with Gasteiger partial charge in [0.25, 0.3) is 5.91 Å². The van der Waals surface area contributed by atoms with Crippen molar-refractivity contribution in [1.82, 2.24) is 15.1 Å². The molecule has 0 saturated heterocycles. The van der Waals surface area contributed by atoms with Crippen molar-refractivity contribution in [2.24, 2.45) is 0 Å². The van der Waals surface area contributed by atoms with E-state index in [1.54, 1.807) is 29.2 Å². The number of halogens is 3. The van der Waals surface area contributed by atoms with Crippen LogP contribution in [0.2, 0.25) is 5.02 Å². The van der Waals surface area contributed by atoms with Crippen LogP contribution in [-0.4, -0.2) is 26.1 Å². The lowest BCUT2D eigenvalue weighted by molar-refractivity contribution is 0.0730. The SMILES string of the molecule is O=C1c2[nH]nc(-c3cc(Cl)ccc3O)c2C(c2ccc(Br)cc2)N1Cc1ccc(F)cc1. The number of rotatable bonds is 4. The third-order valence-electron chi connectivity index (χ3n) is 5.53. The maximum Gasteiger partial charge on any atom is 0.273 e. The Bertz CT molecular complexity index is 1320. The van der Waals surface area contributed by atoms with Crippen LogP contribution in [-0.2, 0) is 6.54 Å². The molecular weight excluding hydrogens is 497 g/mol. The highest BCUT2D eigenvalue weighted by molar-refractivity contribution is 9.10. The van der Waals surface area contributed by atoms with Crippen molar-refractivity contribution in [1.29, 1.82) is 0 Å². The van der Waals surface area contributed by atoms with Crippen LogP contribution in [0, 0.1) is 5.82 Å². The molecule has 160 valence electrons. The first-order chi connectivity index (χ1) is 15.4. The minimum atomic E-state index is -0.456. The minimum absolute atomic E-state index is 0.0164. The van der Waals surface area contributed by atoms with Crippen molar-refractivity contribution in [3.63, 3.8) is 0 Å². The van der Waals surface area contributed by atoms with Gasteiger partial charge >= 0.3 is 0 Å². The van der Waals surface area contributed by atoms with E-state index < -0.39 is 6.04 Å². The van der Waals surface area contributed by atoms with Crippen molar-refractivity contribution < 1.29 is 14.3 Å². The molecule has 4 aromatic rings. The molecule has 1 aromatic heterocycles. The van der Waals surface area contributed by atoms with E-state index in [1.807, 2.05) is 24.3 Å². The predicted octanol–water partition coefficient (Wildman–Crippen LogP) is 6.08. The maximum atomic E-state index is 13.4. The van der Waals surface area contributed by atoms with Crippen LogP contribution in [0.25, 0.3) is 11.3 Å². The molecule has 1 aliphatic heterocycles. The Labute approximate surface area is 196 Å². The molecule has 0 spiro atoms. The molecule has 8 heteroatoms. The summed E-state index contributed by atoms with van der Waals surface area (Å²) in [6.07, 6.45) is 0. The van der Waals surface area contributed by atoms with Gasteiger partial charge in [-0.3, -0.25) is 9.89 Å². The van der Waals surface area contributed by atoms with Gasteiger partial charge in [0.05, 0.1) is 6.04 Å². The van der Waals surface area contributed by atoms with Crippen LogP contribution < -0.4 is 0 Å². The number of aromatic hydroxyl groups is 1. The number of hydrogen-bond acceptors (Lipinski definition) is 3. The molecule has 5 rings (SSSR count). The molecule has 0 aliphatic carbocycles. The van der Waals surface area contributed by atoms with Crippen LogP contribution in [0.5, 0.6) is 5.75 Å². The average Bonchev–Trinajstić information content (AvgIpc) is 3.32. The van der Waals surface area contributed by atoms with E-state index in [1.165, 1.54) is 18.2 Å². The van der Waals surface area contributed by atoms with Crippen LogP contribution in [0.1, 0.15) is 33.2 Å². The van der Waals surface area contributed by atoms with E-state index in [9.17, 15) is 14.3 Å². The number of fused-ring (bicyclic) bond motifs is 1. The molecule has 1 amide bonds. The number of nitrogens with zero attached hydrogens (tertiary/aromatic N) is 2. The van der Waals surface area contributed by atoms with Crippen molar-refractivity contribution in [2.75, 3.05) is 0 Å². The van der Waals surface area contributed by atoms with Gasteiger partial charge in [0.1, 0.15) is 23.0 Å². The van der Waals surface area contributed by atoms with E-state index in [0.29, 0.717) is 27.5 Å². The molecule has 0 bridgehead atoms. The lowest BCUT2D eigenvalue weighted by atomic mass is 9.95. The first-order valence-electron chi connectivity index (χ1n) is 9.80. The third kappa shape index (κ3) is 3.57. The molecule has 2 N–H and O–H groups in total. The van der Waals surface area contributed by atoms with E-state index in [0.717, 1.165) is 15.6 Å². The van der Waals surface area contributed by atoms with Gasteiger partial charge in [-0.25, -0.2) is 4.39 Å². The molecule has 1 unspecified atom stereocenters. The summed E-state index contributed by atoms with van der Waals surface area (Å²) in [7, 11) is 0. The minimum Gasteiger partial charge on any atom is -0.507 e. The fourth-order valence-corrected chi connectivity index (χ4v) is 4.48. The summed E-state index contributed by atoms with van der Waals surface area (Å²) in [4.78, 5) is 15.1. The zero-order valence-electron chi connectivity index (χ0n) is 16.5. The summed E-state index contributed by atoms with van der Waals surface area (Å²) in [5, 5.41) is 18.1. The molecular formula is C24H16BrClFN3O2. The fraction of sp³-hybridized carbons (Fsp3) is 0.0833. The van der Waals surface area contributed by atoms with Gasteiger partial charge in [0, 0.05) is 27.2 Å². The number of phenols is 1. The van der Waals surface area contributed by atoms with Crippen molar-refractivity contribution in [2.45, 2.75) is 12.6 Å². The Kier molecular flexibility index (Phi) is 5.23. The Balaban J connectivity index is 1.66. The van der Waals surface area contributed by atoms with E-state index in [-0.39, 0.29) is 24.0 Å². The monoisotopic (exact) mass is 511 g/mol. The fourth-order valence-electron chi connectivity index (χ4n) is 4.04. The second-order valence-electron chi connectivity index (χ2n) is 7.54. The summed E-state index contributed by atoms with van der Waals surface area (Å²) < 4.78 is 14.3. The topological polar surface area (TPSA) is 69.2 Å². The van der Waals surface area contributed by atoms with E-state index in [2.05, 4.69) is 26.1 Å². The number of nitrogens with one attached hydrogen (secondary N) is 1. The summed E-state index contributed by atoms with van der Waals surface area (Å²) in [5.41, 5.74) is 3.60. The lowest BCUT2D eigenvalue weighted by Gasteiger charge is -2.26. The highest BCUT2D eigenvalue weighted by Gasteiger charge is 2.42. The molecule has 5 nitrogen and oxygen atoms in total. The zero-order valence-corrected chi connectivity index (χ0v) is 18.9. The van der Waals surface area contributed by atoms with Gasteiger partial charge in [-0.05, 0) is 53.6 Å². The van der Waals surface area contributed by atoms with Gasteiger partial charge in [0.2, 0.25) is 0 Å². The van der Waals surface area contributed by atoms with Gasteiger partial charge < -0.3 is 10.0 Å². The molecule has 1 aliphatic rings. The molecule has 3 aromatic carbocycles.